The average Bonchev–Trinajstić information content (AvgIpc) is 2.97. The van der Waals surface area contributed by atoms with Gasteiger partial charge in [-0.1, -0.05) is 5.21 Å². The molecule has 0 atom stereocenters. The molecule has 2 aromatic rings. The highest BCUT2D eigenvalue weighted by molar-refractivity contribution is 7.09. The summed E-state index contributed by atoms with van der Waals surface area (Å²) >= 11 is 1.53. The SMILES string of the molecule is Cc1nc(CC(=O)N2CC(n3cc(C(=O)O)nn3)C2)cs1. The van der Waals surface area contributed by atoms with Crippen LogP contribution in [0, 0.1) is 6.92 Å². The van der Waals surface area contributed by atoms with Gasteiger partial charge in [0.2, 0.25) is 5.91 Å². The summed E-state index contributed by atoms with van der Waals surface area (Å²) in [5, 5.41) is 19.0. The molecular formula is C12H13N5O3S. The van der Waals surface area contributed by atoms with Crippen LogP contribution in [0.15, 0.2) is 11.6 Å². The number of amides is 1. The van der Waals surface area contributed by atoms with E-state index in [4.69, 9.17) is 5.11 Å². The highest BCUT2D eigenvalue weighted by Gasteiger charge is 2.33. The molecule has 1 aliphatic rings. The molecule has 1 fully saturated rings. The van der Waals surface area contributed by atoms with Gasteiger partial charge in [0.15, 0.2) is 5.69 Å². The lowest BCUT2D eigenvalue weighted by Crippen LogP contribution is -2.51. The van der Waals surface area contributed by atoms with Crippen LogP contribution in [0.1, 0.15) is 27.2 Å². The first kappa shape index (κ1) is 13.7. The van der Waals surface area contributed by atoms with Gasteiger partial charge in [-0.15, -0.1) is 16.4 Å². The van der Waals surface area contributed by atoms with Crippen LogP contribution in [-0.2, 0) is 11.2 Å². The number of aromatic nitrogens is 4. The molecule has 1 saturated heterocycles. The maximum atomic E-state index is 12.0. The highest BCUT2D eigenvalue weighted by Crippen LogP contribution is 2.21. The number of aryl methyl sites for hydroxylation is 1. The van der Waals surface area contributed by atoms with Crippen molar-refractivity contribution in [2.45, 2.75) is 19.4 Å². The van der Waals surface area contributed by atoms with Gasteiger partial charge in [-0.25, -0.2) is 14.5 Å². The Labute approximate surface area is 124 Å². The van der Waals surface area contributed by atoms with Gasteiger partial charge in [0.25, 0.3) is 0 Å². The van der Waals surface area contributed by atoms with Crippen molar-refractivity contribution in [2.24, 2.45) is 0 Å². The number of carboxylic acid groups (broad SMARTS) is 1. The van der Waals surface area contributed by atoms with E-state index in [1.807, 2.05) is 12.3 Å². The van der Waals surface area contributed by atoms with Gasteiger partial charge in [-0.05, 0) is 6.92 Å². The molecule has 110 valence electrons. The Hall–Kier alpha value is -2.29. The molecule has 0 aliphatic carbocycles. The van der Waals surface area contributed by atoms with Gasteiger partial charge >= 0.3 is 5.97 Å². The van der Waals surface area contributed by atoms with Crippen LogP contribution in [0.3, 0.4) is 0 Å². The smallest absolute Gasteiger partial charge is 0.358 e. The molecule has 0 radical (unpaired) electrons. The van der Waals surface area contributed by atoms with Gasteiger partial charge in [0.05, 0.1) is 29.4 Å². The standard InChI is InChI=1S/C12H13N5O3S/c1-7-13-8(6-21-7)2-11(18)16-3-9(4-16)17-5-10(12(19)20)14-15-17/h5-6,9H,2-4H2,1H3,(H,19,20). The second-order valence-electron chi connectivity index (χ2n) is 4.88. The van der Waals surface area contributed by atoms with Crippen LogP contribution >= 0.6 is 11.3 Å². The van der Waals surface area contributed by atoms with Crippen molar-refractivity contribution in [3.05, 3.63) is 28.0 Å². The van der Waals surface area contributed by atoms with E-state index in [9.17, 15) is 9.59 Å². The number of hydrogen-bond acceptors (Lipinski definition) is 6. The van der Waals surface area contributed by atoms with E-state index in [0.29, 0.717) is 19.5 Å². The van der Waals surface area contributed by atoms with Gasteiger partial charge < -0.3 is 10.0 Å². The summed E-state index contributed by atoms with van der Waals surface area (Å²) in [6.07, 6.45) is 1.69. The Kier molecular flexibility index (Phi) is 3.42. The molecule has 1 amide bonds. The van der Waals surface area contributed by atoms with E-state index >= 15 is 0 Å². The Balaban J connectivity index is 1.55. The van der Waals surface area contributed by atoms with E-state index in [0.717, 1.165) is 10.7 Å². The zero-order chi connectivity index (χ0) is 15.0. The third-order valence-electron chi connectivity index (χ3n) is 3.32. The molecule has 3 heterocycles. The van der Waals surface area contributed by atoms with Crippen LogP contribution in [0.2, 0.25) is 0 Å². The number of likely N-dealkylation sites (tertiary alicyclic amines) is 1. The number of thiazole rings is 1. The molecule has 0 bridgehead atoms. The van der Waals surface area contributed by atoms with Crippen molar-refractivity contribution >= 4 is 23.2 Å². The number of aromatic carboxylic acids is 1. The average molecular weight is 307 g/mol. The molecule has 3 rings (SSSR count). The Morgan fingerprint density at radius 3 is 2.81 bits per heavy atom. The monoisotopic (exact) mass is 307 g/mol. The largest absolute Gasteiger partial charge is 0.476 e. The van der Waals surface area contributed by atoms with E-state index < -0.39 is 5.97 Å². The second kappa shape index (κ2) is 5.24. The van der Waals surface area contributed by atoms with Crippen molar-refractivity contribution in [3.63, 3.8) is 0 Å². The number of rotatable bonds is 4. The molecule has 1 N–H and O–H groups in total. The molecule has 0 aromatic carbocycles. The first-order valence-electron chi connectivity index (χ1n) is 6.37. The number of carbonyl (C=O) groups is 2. The molecule has 2 aromatic heterocycles. The summed E-state index contributed by atoms with van der Waals surface area (Å²) in [5.41, 5.74) is 0.706. The molecule has 21 heavy (non-hydrogen) atoms. The van der Waals surface area contributed by atoms with Gasteiger partial charge in [-0.3, -0.25) is 4.79 Å². The molecule has 0 saturated carbocycles. The number of nitrogens with zero attached hydrogens (tertiary/aromatic N) is 5. The predicted octanol–water partition coefficient (Wildman–Crippen LogP) is 0.367. The lowest BCUT2D eigenvalue weighted by molar-refractivity contribution is -0.136. The lowest BCUT2D eigenvalue weighted by Gasteiger charge is -2.38. The first-order chi connectivity index (χ1) is 10.0. The minimum Gasteiger partial charge on any atom is -0.476 e. The summed E-state index contributed by atoms with van der Waals surface area (Å²) < 4.78 is 1.50. The number of hydrogen-bond donors (Lipinski definition) is 1. The molecule has 1 aliphatic heterocycles. The fourth-order valence-corrected chi connectivity index (χ4v) is 2.75. The van der Waals surface area contributed by atoms with E-state index in [2.05, 4.69) is 15.3 Å². The van der Waals surface area contributed by atoms with Crippen LogP contribution in [0.5, 0.6) is 0 Å². The fourth-order valence-electron chi connectivity index (χ4n) is 2.14. The fraction of sp³-hybridized carbons (Fsp3) is 0.417. The van der Waals surface area contributed by atoms with Crippen LogP contribution in [0.25, 0.3) is 0 Å². The third kappa shape index (κ3) is 2.77. The van der Waals surface area contributed by atoms with Gasteiger partial charge in [-0.2, -0.15) is 0 Å². The van der Waals surface area contributed by atoms with E-state index in [1.54, 1.807) is 4.90 Å². The van der Waals surface area contributed by atoms with Crippen molar-refractivity contribution in [1.82, 2.24) is 24.9 Å². The normalized spacial score (nSPS) is 15.0. The van der Waals surface area contributed by atoms with Crippen LogP contribution in [-0.4, -0.2) is 55.0 Å². The number of carboxylic acids is 1. The summed E-state index contributed by atoms with van der Waals surface area (Å²) in [4.78, 5) is 28.8. The molecule has 0 unspecified atom stereocenters. The van der Waals surface area contributed by atoms with Crippen molar-refractivity contribution in [1.29, 1.82) is 0 Å². The summed E-state index contributed by atoms with van der Waals surface area (Å²) in [7, 11) is 0. The van der Waals surface area contributed by atoms with Crippen molar-refractivity contribution in [2.75, 3.05) is 13.1 Å². The van der Waals surface area contributed by atoms with Crippen LogP contribution < -0.4 is 0 Å². The Morgan fingerprint density at radius 2 is 2.24 bits per heavy atom. The van der Waals surface area contributed by atoms with Crippen molar-refractivity contribution in [3.8, 4) is 0 Å². The molecule has 8 nitrogen and oxygen atoms in total. The lowest BCUT2D eigenvalue weighted by atomic mass is 10.1. The van der Waals surface area contributed by atoms with Gasteiger partial charge in [0.1, 0.15) is 0 Å². The number of carbonyl (C=O) groups excluding carboxylic acids is 1. The zero-order valence-corrected chi connectivity index (χ0v) is 12.1. The quantitative estimate of drug-likeness (QED) is 0.875. The summed E-state index contributed by atoms with van der Waals surface area (Å²) in [5.74, 6) is -1.08. The maximum Gasteiger partial charge on any atom is 0.358 e. The third-order valence-corrected chi connectivity index (χ3v) is 4.14. The molecule has 9 heteroatoms. The Bertz CT molecular complexity index is 689. The minimum absolute atomic E-state index is 0.00767. The Morgan fingerprint density at radius 1 is 1.48 bits per heavy atom. The van der Waals surface area contributed by atoms with Crippen molar-refractivity contribution < 1.29 is 14.7 Å². The predicted molar refractivity (Wildman–Crippen MR) is 73.2 cm³/mol. The van der Waals surface area contributed by atoms with Crippen LogP contribution in [0.4, 0.5) is 0 Å². The van der Waals surface area contributed by atoms with Gasteiger partial charge in [0, 0.05) is 18.5 Å². The molecule has 0 spiro atoms. The molecular weight excluding hydrogens is 294 g/mol. The topological polar surface area (TPSA) is 101 Å². The minimum atomic E-state index is -1.10. The van der Waals surface area contributed by atoms with E-state index in [-0.39, 0.29) is 17.6 Å². The van der Waals surface area contributed by atoms with E-state index in [1.165, 1.54) is 22.2 Å². The summed E-state index contributed by atoms with van der Waals surface area (Å²) in [6.45, 7) is 2.94. The second-order valence-corrected chi connectivity index (χ2v) is 5.94. The summed E-state index contributed by atoms with van der Waals surface area (Å²) in [6, 6.07) is -0.00767. The highest BCUT2D eigenvalue weighted by atomic mass is 32.1. The maximum absolute atomic E-state index is 12.0. The zero-order valence-electron chi connectivity index (χ0n) is 11.3. The first-order valence-corrected chi connectivity index (χ1v) is 7.25.